The van der Waals surface area contributed by atoms with E-state index in [1.807, 2.05) is 42.2 Å². The van der Waals surface area contributed by atoms with E-state index in [9.17, 15) is 31.6 Å². The molecule has 1 aliphatic heterocycles. The number of alkyl halides is 3. The molecule has 1 saturated heterocycles. The summed E-state index contributed by atoms with van der Waals surface area (Å²) in [4.78, 5) is 20.8. The van der Waals surface area contributed by atoms with Crippen molar-refractivity contribution < 1.29 is 36.3 Å². The summed E-state index contributed by atoms with van der Waals surface area (Å²) in [6.07, 6.45) is -4.40. The predicted molar refractivity (Wildman–Crippen MR) is 164 cm³/mol. The number of rotatable bonds is 11. The van der Waals surface area contributed by atoms with Crippen molar-refractivity contribution in [3.8, 4) is 5.75 Å². The molecule has 3 N–H and O–H groups in total. The normalized spacial score (nSPS) is 15.5. The molecule has 1 fully saturated rings. The van der Waals surface area contributed by atoms with E-state index < -0.39 is 33.7 Å². The van der Waals surface area contributed by atoms with Gasteiger partial charge in [0.05, 0.1) is 16.0 Å². The molecule has 10 nitrogen and oxygen atoms in total. The SMILES string of the molecule is Cc1cc(COc2ccc(S(=O)(=O)NCC(C(=O)NO)N3CCN(Cc4ccc(C(F)(F)F)cc4)CC3)cc2)c2ccccc2n1. The zero-order valence-corrected chi connectivity index (χ0v) is 25.8. The zero-order valence-electron chi connectivity index (χ0n) is 25.0. The average Bonchev–Trinajstić information content (AvgIpc) is 3.04. The van der Waals surface area contributed by atoms with E-state index in [-0.39, 0.29) is 18.0 Å². The van der Waals surface area contributed by atoms with E-state index in [0.717, 1.165) is 39.9 Å². The summed E-state index contributed by atoms with van der Waals surface area (Å²) >= 11 is 0. The van der Waals surface area contributed by atoms with Crippen LogP contribution in [-0.2, 0) is 34.1 Å². The molecule has 2 heterocycles. The number of ether oxygens (including phenoxy) is 1. The molecule has 0 bridgehead atoms. The summed E-state index contributed by atoms with van der Waals surface area (Å²) in [5.74, 6) is -0.286. The van der Waals surface area contributed by atoms with E-state index >= 15 is 0 Å². The van der Waals surface area contributed by atoms with Gasteiger partial charge >= 0.3 is 6.18 Å². The van der Waals surface area contributed by atoms with Crippen LogP contribution in [-0.4, -0.2) is 73.1 Å². The Balaban J connectivity index is 1.15. The van der Waals surface area contributed by atoms with E-state index in [0.29, 0.717) is 38.5 Å². The molecule has 5 rings (SSSR count). The Labute approximate surface area is 264 Å². The van der Waals surface area contributed by atoms with Crippen LogP contribution in [0.3, 0.4) is 0 Å². The van der Waals surface area contributed by atoms with Gasteiger partial charge in [-0.05, 0) is 61.0 Å². The Morgan fingerprint density at radius 3 is 2.33 bits per heavy atom. The Morgan fingerprint density at radius 1 is 1.00 bits per heavy atom. The first-order chi connectivity index (χ1) is 21.9. The number of aryl methyl sites for hydroxylation is 1. The van der Waals surface area contributed by atoms with Gasteiger partial charge in [-0.3, -0.25) is 24.8 Å². The van der Waals surface area contributed by atoms with Gasteiger partial charge in [0.1, 0.15) is 18.4 Å². The largest absolute Gasteiger partial charge is 0.489 e. The number of para-hydroxylation sites is 1. The van der Waals surface area contributed by atoms with E-state index in [1.54, 1.807) is 22.5 Å². The first-order valence-electron chi connectivity index (χ1n) is 14.6. The molecule has 3 aromatic carbocycles. The number of halogens is 3. The fraction of sp³-hybridized carbons (Fsp3) is 0.312. The van der Waals surface area contributed by atoms with Crippen LogP contribution in [0.2, 0.25) is 0 Å². The number of pyridine rings is 1. The number of sulfonamides is 1. The molecule has 244 valence electrons. The lowest BCUT2D eigenvalue weighted by Gasteiger charge is -2.38. The van der Waals surface area contributed by atoms with E-state index in [2.05, 4.69) is 9.71 Å². The minimum absolute atomic E-state index is 0.0189. The van der Waals surface area contributed by atoms with E-state index in [4.69, 9.17) is 4.74 Å². The summed E-state index contributed by atoms with van der Waals surface area (Å²) in [6.45, 7) is 4.03. The number of piperazine rings is 1. The summed E-state index contributed by atoms with van der Waals surface area (Å²) < 4.78 is 73.2. The van der Waals surface area contributed by atoms with Crippen molar-refractivity contribution in [1.82, 2.24) is 25.0 Å². The molecule has 1 atom stereocenters. The lowest BCUT2D eigenvalue weighted by atomic mass is 10.1. The minimum atomic E-state index is -4.40. The number of amides is 1. The fourth-order valence-electron chi connectivity index (χ4n) is 5.41. The molecule has 1 unspecified atom stereocenters. The number of hydrogen-bond acceptors (Lipinski definition) is 8. The number of nitrogens with one attached hydrogen (secondary N) is 2. The lowest BCUT2D eigenvalue weighted by molar-refractivity contribution is -0.137. The Kier molecular flexibility index (Phi) is 10.2. The molecule has 1 aliphatic rings. The Morgan fingerprint density at radius 2 is 1.67 bits per heavy atom. The highest BCUT2D eigenvalue weighted by molar-refractivity contribution is 7.89. The maximum atomic E-state index is 13.1. The first kappa shape index (κ1) is 33.3. The topological polar surface area (TPSA) is 124 Å². The molecule has 1 aromatic heterocycles. The molecule has 0 radical (unpaired) electrons. The van der Waals surface area contributed by atoms with Crippen molar-refractivity contribution in [3.63, 3.8) is 0 Å². The van der Waals surface area contributed by atoms with Crippen molar-refractivity contribution in [2.75, 3.05) is 32.7 Å². The number of aromatic nitrogens is 1. The number of nitrogens with zero attached hydrogens (tertiary/aromatic N) is 3. The van der Waals surface area contributed by atoms with Crippen LogP contribution in [0.4, 0.5) is 13.2 Å². The number of fused-ring (bicyclic) bond motifs is 1. The third-order valence-corrected chi connectivity index (χ3v) is 9.31. The summed E-state index contributed by atoms with van der Waals surface area (Å²) in [7, 11) is -4.01. The van der Waals surface area contributed by atoms with Crippen molar-refractivity contribution in [2.45, 2.75) is 37.2 Å². The summed E-state index contributed by atoms with van der Waals surface area (Å²) in [5.41, 5.74) is 4.30. The number of carbonyl (C=O) groups excluding carboxylic acids is 1. The molecule has 0 saturated carbocycles. The maximum absolute atomic E-state index is 13.1. The third kappa shape index (κ3) is 8.19. The number of hydroxylamine groups is 1. The van der Waals surface area contributed by atoms with Gasteiger partial charge in [0.2, 0.25) is 10.0 Å². The molecular weight excluding hydrogens is 623 g/mol. The lowest BCUT2D eigenvalue weighted by Crippen LogP contribution is -2.57. The van der Waals surface area contributed by atoms with Gasteiger partial charge in [0.25, 0.3) is 5.91 Å². The highest BCUT2D eigenvalue weighted by Crippen LogP contribution is 2.29. The molecule has 14 heteroatoms. The smallest absolute Gasteiger partial charge is 0.416 e. The predicted octanol–water partition coefficient (Wildman–Crippen LogP) is 4.11. The fourth-order valence-corrected chi connectivity index (χ4v) is 6.45. The third-order valence-electron chi connectivity index (χ3n) is 7.87. The van der Waals surface area contributed by atoms with Gasteiger partial charge in [-0.1, -0.05) is 30.3 Å². The van der Waals surface area contributed by atoms with Gasteiger partial charge < -0.3 is 4.74 Å². The van der Waals surface area contributed by atoms with Crippen molar-refractivity contribution in [2.24, 2.45) is 0 Å². The second kappa shape index (κ2) is 14.1. The Bertz CT molecular complexity index is 1760. The minimum Gasteiger partial charge on any atom is -0.489 e. The van der Waals surface area contributed by atoms with Gasteiger partial charge in [0.15, 0.2) is 0 Å². The highest BCUT2D eigenvalue weighted by Gasteiger charge is 2.32. The quantitative estimate of drug-likeness (QED) is 0.163. The van der Waals surface area contributed by atoms with Crippen LogP contribution in [0, 0.1) is 6.92 Å². The second-order valence-corrected chi connectivity index (χ2v) is 12.8. The monoisotopic (exact) mass is 657 g/mol. The highest BCUT2D eigenvalue weighted by atomic mass is 32.2. The van der Waals surface area contributed by atoms with E-state index in [1.165, 1.54) is 24.3 Å². The van der Waals surface area contributed by atoms with Gasteiger partial charge in [-0.15, -0.1) is 0 Å². The molecule has 1 amide bonds. The van der Waals surface area contributed by atoms with Crippen molar-refractivity contribution in [1.29, 1.82) is 0 Å². The summed E-state index contributed by atoms with van der Waals surface area (Å²) in [6, 6.07) is 19.6. The van der Waals surface area contributed by atoms with Crippen molar-refractivity contribution in [3.05, 3.63) is 101 Å². The van der Waals surface area contributed by atoms with Gasteiger partial charge in [0, 0.05) is 55.9 Å². The van der Waals surface area contributed by atoms with Gasteiger partial charge in [-0.25, -0.2) is 18.6 Å². The van der Waals surface area contributed by atoms with Crippen LogP contribution in [0.15, 0.2) is 83.8 Å². The molecular formula is C32H34F3N5O5S. The Hall–Kier alpha value is -4.08. The molecule has 0 spiro atoms. The maximum Gasteiger partial charge on any atom is 0.416 e. The van der Waals surface area contributed by atoms with Crippen LogP contribution >= 0.6 is 0 Å². The standard InChI is InChI=1S/C32H34F3N5O5S/c1-22-18-24(28-4-2-3-5-29(28)37-22)21-45-26-10-12-27(13-11-26)46(43,44)36-19-30(31(41)38-42)40-16-14-39(15-17-40)20-23-6-8-25(9-7-23)32(33,34)35/h2-13,18,30,36,42H,14-17,19-21H2,1H3,(H,38,41). The molecule has 46 heavy (non-hydrogen) atoms. The van der Waals surface area contributed by atoms with Crippen LogP contribution in [0.25, 0.3) is 10.9 Å². The first-order valence-corrected chi connectivity index (χ1v) is 16.1. The number of benzene rings is 3. The number of hydrogen-bond donors (Lipinski definition) is 3. The molecule has 0 aliphatic carbocycles. The van der Waals surface area contributed by atoms with Crippen LogP contribution in [0.1, 0.15) is 22.4 Å². The van der Waals surface area contributed by atoms with Crippen molar-refractivity contribution >= 4 is 26.8 Å². The van der Waals surface area contributed by atoms with Crippen LogP contribution < -0.4 is 14.9 Å². The summed E-state index contributed by atoms with van der Waals surface area (Å²) in [5, 5.41) is 10.3. The zero-order chi connectivity index (χ0) is 32.9. The molecule has 4 aromatic rings. The number of carbonyl (C=O) groups is 1. The second-order valence-electron chi connectivity index (χ2n) is 11.1. The average molecular weight is 658 g/mol. The van der Waals surface area contributed by atoms with Gasteiger partial charge in [-0.2, -0.15) is 13.2 Å². The van der Waals surface area contributed by atoms with Crippen LogP contribution in [0.5, 0.6) is 5.75 Å².